The minimum atomic E-state index is -0.169. The van der Waals surface area contributed by atoms with Crippen molar-refractivity contribution in [1.82, 2.24) is 5.32 Å². The molecule has 0 aliphatic carbocycles. The van der Waals surface area contributed by atoms with Crippen LogP contribution in [0, 0.1) is 0 Å². The second kappa shape index (κ2) is 7.48. The van der Waals surface area contributed by atoms with Crippen LogP contribution >= 0.6 is 27.5 Å². The minimum Gasteiger partial charge on any atom is -0.484 e. The predicted octanol–water partition coefficient (Wildman–Crippen LogP) is 4.36. The van der Waals surface area contributed by atoms with Crippen LogP contribution in [-0.2, 0) is 4.79 Å². The second-order valence-corrected chi connectivity index (χ2v) is 5.94. The molecule has 2 aromatic carbocycles. The molecule has 0 aliphatic rings. The van der Waals surface area contributed by atoms with Crippen molar-refractivity contribution in [1.29, 1.82) is 0 Å². The largest absolute Gasteiger partial charge is 0.484 e. The molecule has 1 N–H and O–H groups in total. The maximum atomic E-state index is 11.9. The van der Waals surface area contributed by atoms with Crippen molar-refractivity contribution in [3.63, 3.8) is 0 Å². The molecule has 0 spiro atoms. The molecule has 3 nitrogen and oxygen atoms in total. The Morgan fingerprint density at radius 2 is 2.00 bits per heavy atom. The Morgan fingerprint density at radius 3 is 2.67 bits per heavy atom. The van der Waals surface area contributed by atoms with Crippen molar-refractivity contribution < 1.29 is 9.53 Å². The molecule has 2 rings (SSSR count). The van der Waals surface area contributed by atoms with Crippen LogP contribution in [0.4, 0.5) is 0 Å². The first-order valence-corrected chi connectivity index (χ1v) is 7.65. The standard InChI is InChI=1S/C16H15BrClNO2/c1-11(12-5-7-14(18)8-6-12)19-16(20)10-21-15-4-2-3-13(17)9-15/h2-9,11H,10H2,1H3,(H,19,20)/t11-/m0/s1. The average Bonchev–Trinajstić information content (AvgIpc) is 2.46. The number of halogens is 2. The minimum absolute atomic E-state index is 0.0195. The van der Waals surface area contributed by atoms with Crippen LogP contribution in [0.1, 0.15) is 18.5 Å². The lowest BCUT2D eigenvalue weighted by Gasteiger charge is -2.15. The van der Waals surface area contributed by atoms with Crippen LogP contribution in [0.15, 0.2) is 53.0 Å². The molecule has 0 aliphatic heterocycles. The zero-order valence-electron chi connectivity index (χ0n) is 11.5. The van der Waals surface area contributed by atoms with E-state index in [4.69, 9.17) is 16.3 Å². The molecule has 5 heteroatoms. The molecule has 0 heterocycles. The molecular formula is C16H15BrClNO2. The third-order valence-corrected chi connectivity index (χ3v) is 3.66. The van der Waals surface area contributed by atoms with Gasteiger partial charge in [0.1, 0.15) is 5.75 Å². The Bertz CT molecular complexity index is 616. The summed E-state index contributed by atoms with van der Waals surface area (Å²) < 4.78 is 6.35. The summed E-state index contributed by atoms with van der Waals surface area (Å²) in [6, 6.07) is 14.7. The highest BCUT2D eigenvalue weighted by Crippen LogP contribution is 2.18. The van der Waals surface area contributed by atoms with E-state index in [9.17, 15) is 4.79 Å². The number of rotatable bonds is 5. The molecule has 0 saturated carbocycles. The van der Waals surface area contributed by atoms with Gasteiger partial charge in [0.2, 0.25) is 0 Å². The van der Waals surface area contributed by atoms with Crippen molar-refractivity contribution in [2.24, 2.45) is 0 Å². The lowest BCUT2D eigenvalue weighted by atomic mass is 10.1. The Morgan fingerprint density at radius 1 is 1.29 bits per heavy atom. The normalized spacial score (nSPS) is 11.8. The fourth-order valence-electron chi connectivity index (χ4n) is 1.82. The number of carbonyl (C=O) groups excluding carboxylic acids is 1. The van der Waals surface area contributed by atoms with E-state index in [2.05, 4.69) is 21.2 Å². The highest BCUT2D eigenvalue weighted by molar-refractivity contribution is 9.10. The first-order valence-electron chi connectivity index (χ1n) is 6.48. The van der Waals surface area contributed by atoms with Crippen molar-refractivity contribution in [3.05, 3.63) is 63.6 Å². The van der Waals surface area contributed by atoms with E-state index < -0.39 is 0 Å². The lowest BCUT2D eigenvalue weighted by Crippen LogP contribution is -2.31. The highest BCUT2D eigenvalue weighted by atomic mass is 79.9. The summed E-state index contributed by atoms with van der Waals surface area (Å²) in [7, 11) is 0. The average molecular weight is 369 g/mol. The first kappa shape index (κ1) is 15.9. The number of ether oxygens (including phenoxy) is 1. The van der Waals surface area contributed by atoms with Gasteiger partial charge in [-0.1, -0.05) is 45.7 Å². The van der Waals surface area contributed by atoms with Gasteiger partial charge in [-0.3, -0.25) is 4.79 Å². The third-order valence-electron chi connectivity index (χ3n) is 2.91. The maximum absolute atomic E-state index is 11.9. The number of carbonyl (C=O) groups is 1. The van der Waals surface area contributed by atoms with Crippen LogP contribution in [0.25, 0.3) is 0 Å². The van der Waals surface area contributed by atoms with Crippen LogP contribution < -0.4 is 10.1 Å². The fraction of sp³-hybridized carbons (Fsp3) is 0.188. The van der Waals surface area contributed by atoms with E-state index in [0.29, 0.717) is 10.8 Å². The molecule has 1 atom stereocenters. The number of hydrogen-bond donors (Lipinski definition) is 1. The summed E-state index contributed by atoms with van der Waals surface area (Å²) >= 11 is 9.20. The molecule has 21 heavy (non-hydrogen) atoms. The van der Waals surface area contributed by atoms with Crippen molar-refractivity contribution in [3.8, 4) is 5.75 Å². The Hall–Kier alpha value is -1.52. The molecule has 0 aromatic heterocycles. The highest BCUT2D eigenvalue weighted by Gasteiger charge is 2.10. The van der Waals surface area contributed by atoms with Gasteiger partial charge in [-0.2, -0.15) is 0 Å². The molecule has 0 saturated heterocycles. The zero-order chi connectivity index (χ0) is 15.2. The number of amides is 1. The van der Waals surface area contributed by atoms with Gasteiger partial charge in [0.05, 0.1) is 6.04 Å². The van der Waals surface area contributed by atoms with Crippen LogP contribution in [0.2, 0.25) is 5.02 Å². The van der Waals surface area contributed by atoms with E-state index in [0.717, 1.165) is 10.0 Å². The quantitative estimate of drug-likeness (QED) is 0.851. The van der Waals surface area contributed by atoms with Gasteiger partial charge in [-0.25, -0.2) is 0 Å². The molecule has 1 amide bonds. The molecule has 0 radical (unpaired) electrons. The predicted molar refractivity (Wildman–Crippen MR) is 87.6 cm³/mol. The van der Waals surface area contributed by atoms with Gasteiger partial charge in [-0.05, 0) is 42.8 Å². The van der Waals surface area contributed by atoms with Gasteiger partial charge in [0, 0.05) is 9.50 Å². The second-order valence-electron chi connectivity index (χ2n) is 4.59. The summed E-state index contributed by atoms with van der Waals surface area (Å²) in [6.07, 6.45) is 0. The molecule has 110 valence electrons. The zero-order valence-corrected chi connectivity index (χ0v) is 13.8. The monoisotopic (exact) mass is 367 g/mol. The van der Waals surface area contributed by atoms with Crippen molar-refractivity contribution in [2.75, 3.05) is 6.61 Å². The van der Waals surface area contributed by atoms with Crippen LogP contribution in [-0.4, -0.2) is 12.5 Å². The Labute approximate surface area is 137 Å². The fourth-order valence-corrected chi connectivity index (χ4v) is 2.33. The van der Waals surface area contributed by atoms with Crippen molar-refractivity contribution >= 4 is 33.4 Å². The Balaban J connectivity index is 1.85. The van der Waals surface area contributed by atoms with E-state index >= 15 is 0 Å². The smallest absolute Gasteiger partial charge is 0.258 e. The topological polar surface area (TPSA) is 38.3 Å². The van der Waals surface area contributed by atoms with Gasteiger partial charge in [0.15, 0.2) is 6.61 Å². The van der Waals surface area contributed by atoms with Gasteiger partial charge in [-0.15, -0.1) is 0 Å². The number of nitrogens with one attached hydrogen (secondary N) is 1. The summed E-state index contributed by atoms with van der Waals surface area (Å²) in [4.78, 5) is 11.9. The molecule has 0 bridgehead atoms. The summed E-state index contributed by atoms with van der Waals surface area (Å²) in [5, 5.41) is 3.56. The lowest BCUT2D eigenvalue weighted by molar-refractivity contribution is -0.123. The van der Waals surface area contributed by atoms with E-state index in [1.807, 2.05) is 37.3 Å². The van der Waals surface area contributed by atoms with Gasteiger partial charge < -0.3 is 10.1 Å². The van der Waals surface area contributed by atoms with E-state index in [1.54, 1.807) is 18.2 Å². The van der Waals surface area contributed by atoms with Crippen molar-refractivity contribution in [2.45, 2.75) is 13.0 Å². The van der Waals surface area contributed by atoms with Gasteiger partial charge >= 0.3 is 0 Å². The molecule has 0 unspecified atom stereocenters. The maximum Gasteiger partial charge on any atom is 0.258 e. The Kier molecular flexibility index (Phi) is 5.65. The van der Waals surface area contributed by atoms with Crippen LogP contribution in [0.3, 0.4) is 0 Å². The SMILES string of the molecule is C[C@H](NC(=O)COc1cccc(Br)c1)c1ccc(Cl)cc1. The number of benzene rings is 2. The first-order chi connectivity index (χ1) is 10.0. The summed E-state index contributed by atoms with van der Waals surface area (Å²) in [5.41, 5.74) is 0.996. The molecule has 2 aromatic rings. The van der Waals surface area contributed by atoms with E-state index in [1.165, 1.54) is 0 Å². The summed E-state index contributed by atoms with van der Waals surface area (Å²) in [5.74, 6) is 0.482. The number of hydrogen-bond acceptors (Lipinski definition) is 2. The molecular weight excluding hydrogens is 354 g/mol. The third kappa shape index (κ3) is 5.06. The molecule has 0 fully saturated rings. The summed E-state index contributed by atoms with van der Waals surface area (Å²) in [6.45, 7) is 1.90. The van der Waals surface area contributed by atoms with Gasteiger partial charge in [0.25, 0.3) is 5.91 Å². The van der Waals surface area contributed by atoms with E-state index in [-0.39, 0.29) is 18.6 Å². The van der Waals surface area contributed by atoms with Crippen LogP contribution in [0.5, 0.6) is 5.75 Å².